The van der Waals surface area contributed by atoms with E-state index in [1.807, 2.05) is 18.2 Å². The molecule has 9 heteroatoms. The van der Waals surface area contributed by atoms with Gasteiger partial charge in [-0.15, -0.1) is 0 Å². The van der Waals surface area contributed by atoms with Crippen molar-refractivity contribution in [1.82, 2.24) is 15.0 Å². The number of piperidine rings is 1. The van der Waals surface area contributed by atoms with Crippen molar-refractivity contribution >= 4 is 34.8 Å². The molecule has 0 spiro atoms. The van der Waals surface area contributed by atoms with Crippen LogP contribution in [0.1, 0.15) is 40.1 Å². The van der Waals surface area contributed by atoms with Crippen LogP contribution in [0.15, 0.2) is 61.3 Å². The Morgan fingerprint density at radius 1 is 0.968 bits per heavy atom. The molecule has 0 unspecified atom stereocenters. The van der Waals surface area contributed by atoms with Gasteiger partial charge in [0.1, 0.15) is 5.69 Å². The minimum atomic E-state index is -0.553. The van der Waals surface area contributed by atoms with Crippen molar-refractivity contribution in [2.24, 2.45) is 5.73 Å². The first-order valence-electron chi connectivity index (χ1n) is 9.86. The molecule has 0 aliphatic carbocycles. The van der Waals surface area contributed by atoms with E-state index in [0.29, 0.717) is 10.6 Å². The highest BCUT2D eigenvalue weighted by Gasteiger charge is 2.16. The molecule has 1 aliphatic heterocycles. The lowest BCUT2D eigenvalue weighted by Gasteiger charge is -2.30. The molecule has 3 N–H and O–H groups in total. The molecule has 3 heterocycles. The molecule has 2 amide bonds. The molecule has 160 valence electrons. The third-order valence-electron chi connectivity index (χ3n) is 4.66. The number of carbonyl (C=O) groups excluding carboxylic acids is 2. The number of hydrogen-bond donors (Lipinski definition) is 2. The van der Waals surface area contributed by atoms with Gasteiger partial charge < -0.3 is 16.0 Å². The van der Waals surface area contributed by atoms with Crippen LogP contribution in [0, 0.1) is 0 Å². The fourth-order valence-corrected chi connectivity index (χ4v) is 3.32. The molecule has 0 bridgehead atoms. The smallest absolute Gasteiger partial charge is 0.268 e. The normalized spacial score (nSPS) is 13.0. The molecule has 1 saturated heterocycles. The first-order valence-corrected chi connectivity index (χ1v) is 10.2. The molecule has 4 rings (SSSR count). The third kappa shape index (κ3) is 6.48. The first-order chi connectivity index (χ1) is 15.0. The number of amides is 2. The van der Waals surface area contributed by atoms with Crippen LogP contribution in [0.5, 0.6) is 0 Å². The van der Waals surface area contributed by atoms with E-state index >= 15 is 0 Å². The molecule has 0 atom stereocenters. The van der Waals surface area contributed by atoms with Gasteiger partial charge in [0.25, 0.3) is 11.8 Å². The fraction of sp³-hybridized carbons (Fsp3) is 0.227. The average Bonchev–Trinajstić information content (AvgIpc) is 2.81. The number of halogens is 1. The summed E-state index contributed by atoms with van der Waals surface area (Å²) in [7, 11) is 0. The van der Waals surface area contributed by atoms with E-state index < -0.39 is 5.91 Å². The van der Waals surface area contributed by atoms with Gasteiger partial charge in [-0.1, -0.05) is 11.6 Å². The first kappa shape index (κ1) is 22.2. The van der Waals surface area contributed by atoms with Crippen molar-refractivity contribution in [2.75, 3.05) is 23.3 Å². The lowest BCUT2D eigenvalue weighted by atomic mass is 10.1. The summed E-state index contributed by atoms with van der Waals surface area (Å²) in [5.74, 6) is -0.703. The predicted octanol–water partition coefficient (Wildman–Crippen LogP) is 3.55. The Balaban J connectivity index is 0.000000254. The number of benzene rings is 1. The van der Waals surface area contributed by atoms with Crippen molar-refractivity contribution in [3.05, 3.63) is 77.6 Å². The molecule has 0 saturated carbocycles. The Labute approximate surface area is 185 Å². The molecule has 1 aromatic carbocycles. The van der Waals surface area contributed by atoms with Crippen LogP contribution in [-0.4, -0.2) is 39.9 Å². The SMILES string of the molecule is NC(=O)c1cnccn1.O=C(Nc1cc(Cl)ccc1N1CCCCC1)c1ccncc1. The van der Waals surface area contributed by atoms with Crippen LogP contribution in [0.4, 0.5) is 11.4 Å². The molecule has 1 fully saturated rings. The molecular formula is C22H23ClN6O2. The zero-order valence-electron chi connectivity index (χ0n) is 16.9. The molecule has 31 heavy (non-hydrogen) atoms. The van der Waals surface area contributed by atoms with Crippen molar-refractivity contribution in [2.45, 2.75) is 19.3 Å². The van der Waals surface area contributed by atoms with Gasteiger partial charge in [-0.2, -0.15) is 0 Å². The molecule has 8 nitrogen and oxygen atoms in total. The molecule has 1 aliphatic rings. The summed E-state index contributed by atoms with van der Waals surface area (Å²) in [6, 6.07) is 9.05. The molecular weight excluding hydrogens is 416 g/mol. The number of rotatable bonds is 4. The number of nitrogens with two attached hydrogens (primary N) is 1. The van der Waals surface area contributed by atoms with E-state index in [1.165, 1.54) is 37.9 Å². The molecule has 0 radical (unpaired) electrons. The van der Waals surface area contributed by atoms with Gasteiger partial charge in [-0.05, 0) is 49.6 Å². The van der Waals surface area contributed by atoms with E-state index in [2.05, 4.69) is 25.2 Å². The largest absolute Gasteiger partial charge is 0.370 e. The maximum Gasteiger partial charge on any atom is 0.268 e. The van der Waals surface area contributed by atoms with Gasteiger partial charge in [0.05, 0.1) is 17.6 Å². The van der Waals surface area contributed by atoms with E-state index in [4.69, 9.17) is 17.3 Å². The number of anilines is 2. The number of primary amides is 1. The van der Waals surface area contributed by atoms with Gasteiger partial charge in [0, 0.05) is 48.5 Å². The Kier molecular flexibility index (Phi) is 7.89. The minimum Gasteiger partial charge on any atom is -0.370 e. The maximum absolute atomic E-state index is 12.4. The highest BCUT2D eigenvalue weighted by Crippen LogP contribution is 2.31. The summed E-state index contributed by atoms with van der Waals surface area (Å²) in [5, 5.41) is 3.59. The van der Waals surface area contributed by atoms with Gasteiger partial charge in [0.15, 0.2) is 0 Å². The minimum absolute atomic E-state index is 0.150. The number of aromatic nitrogens is 3. The molecule has 2 aromatic heterocycles. The maximum atomic E-state index is 12.4. The number of hydrogen-bond acceptors (Lipinski definition) is 6. The standard InChI is InChI=1S/C17H18ClN3O.C5H5N3O/c18-14-4-5-16(21-10-2-1-3-11-21)15(12-14)20-17(22)13-6-8-19-9-7-13;6-5(9)4-3-7-1-2-8-4/h4-9,12H,1-3,10-11H2,(H,20,22);1-3H,(H2,6,9). The molecule has 3 aromatic rings. The monoisotopic (exact) mass is 438 g/mol. The quantitative estimate of drug-likeness (QED) is 0.643. The van der Waals surface area contributed by atoms with Gasteiger partial charge in [0.2, 0.25) is 0 Å². The zero-order valence-corrected chi connectivity index (χ0v) is 17.6. The fourth-order valence-electron chi connectivity index (χ4n) is 3.14. The second kappa shape index (κ2) is 11.0. The number of nitrogens with one attached hydrogen (secondary N) is 1. The van der Waals surface area contributed by atoms with Gasteiger partial charge in [-0.3, -0.25) is 19.6 Å². The summed E-state index contributed by atoms with van der Waals surface area (Å²) in [6.07, 6.45) is 11.1. The van der Waals surface area contributed by atoms with E-state index in [0.717, 1.165) is 24.5 Å². The average molecular weight is 439 g/mol. The number of carbonyl (C=O) groups is 2. The third-order valence-corrected chi connectivity index (χ3v) is 4.90. The second-order valence-corrected chi connectivity index (χ2v) is 7.29. The summed E-state index contributed by atoms with van der Waals surface area (Å²) in [4.78, 5) is 36.2. The van der Waals surface area contributed by atoms with Crippen LogP contribution in [0.25, 0.3) is 0 Å². The van der Waals surface area contributed by atoms with Crippen LogP contribution in [0.2, 0.25) is 5.02 Å². The van der Waals surface area contributed by atoms with Crippen LogP contribution >= 0.6 is 11.6 Å². The lowest BCUT2D eigenvalue weighted by molar-refractivity contribution is 0.0993. The van der Waals surface area contributed by atoms with Crippen LogP contribution in [-0.2, 0) is 0 Å². The zero-order chi connectivity index (χ0) is 22.1. The summed E-state index contributed by atoms with van der Waals surface area (Å²) < 4.78 is 0. The topological polar surface area (TPSA) is 114 Å². The van der Waals surface area contributed by atoms with Crippen molar-refractivity contribution in [3.63, 3.8) is 0 Å². The Bertz CT molecular complexity index is 1010. The second-order valence-electron chi connectivity index (χ2n) is 6.85. The van der Waals surface area contributed by atoms with Crippen molar-refractivity contribution < 1.29 is 9.59 Å². The number of nitrogens with zero attached hydrogens (tertiary/aromatic N) is 4. The Hall–Kier alpha value is -3.52. The Morgan fingerprint density at radius 3 is 2.32 bits per heavy atom. The summed E-state index contributed by atoms with van der Waals surface area (Å²) >= 11 is 6.11. The van der Waals surface area contributed by atoms with E-state index in [-0.39, 0.29) is 11.6 Å². The van der Waals surface area contributed by atoms with Crippen molar-refractivity contribution in [1.29, 1.82) is 0 Å². The van der Waals surface area contributed by atoms with Gasteiger partial charge >= 0.3 is 0 Å². The Morgan fingerprint density at radius 2 is 1.71 bits per heavy atom. The van der Waals surface area contributed by atoms with Crippen LogP contribution < -0.4 is 16.0 Å². The summed E-state index contributed by atoms with van der Waals surface area (Å²) in [6.45, 7) is 2.03. The van der Waals surface area contributed by atoms with Gasteiger partial charge in [-0.25, -0.2) is 4.98 Å². The highest BCUT2D eigenvalue weighted by molar-refractivity contribution is 6.31. The lowest BCUT2D eigenvalue weighted by Crippen LogP contribution is -2.30. The highest BCUT2D eigenvalue weighted by atomic mass is 35.5. The van der Waals surface area contributed by atoms with E-state index in [1.54, 1.807) is 24.5 Å². The van der Waals surface area contributed by atoms with Crippen LogP contribution in [0.3, 0.4) is 0 Å². The number of pyridine rings is 1. The summed E-state index contributed by atoms with van der Waals surface area (Å²) in [5.41, 5.74) is 7.44. The predicted molar refractivity (Wildman–Crippen MR) is 120 cm³/mol. The van der Waals surface area contributed by atoms with Crippen molar-refractivity contribution in [3.8, 4) is 0 Å². The van der Waals surface area contributed by atoms with E-state index in [9.17, 15) is 9.59 Å².